The summed E-state index contributed by atoms with van der Waals surface area (Å²) in [5, 5.41) is 5.28. The van der Waals surface area contributed by atoms with Gasteiger partial charge in [-0.25, -0.2) is 4.98 Å². The van der Waals surface area contributed by atoms with Crippen LogP contribution in [0.25, 0.3) is 23.9 Å². The fourth-order valence-corrected chi connectivity index (χ4v) is 3.84. The molecular formula is C28H33N5O. The lowest BCUT2D eigenvalue weighted by Crippen LogP contribution is -2.28. The van der Waals surface area contributed by atoms with Crippen molar-refractivity contribution >= 4 is 37.1 Å². The van der Waals surface area contributed by atoms with Gasteiger partial charge in [-0.05, 0) is 57.2 Å². The van der Waals surface area contributed by atoms with Crippen molar-refractivity contribution in [3.8, 4) is 11.8 Å². The maximum Gasteiger partial charge on any atom is 0.210 e. The highest BCUT2D eigenvalue weighted by Crippen LogP contribution is 2.25. The van der Waals surface area contributed by atoms with Gasteiger partial charge in [0.2, 0.25) is 6.41 Å². The SMILES string of the molecule is C=Cc1cc(C#CC2C=c3[nH]c(CN(C=O)CC)nc3=CC2)ccc1/C(N=C)=C(\C)NCCC. The number of nitrogens with zero attached hydrogens (tertiary/aromatic N) is 3. The normalized spacial score (nSPS) is 14.9. The van der Waals surface area contributed by atoms with Crippen molar-refractivity contribution in [2.45, 2.75) is 40.2 Å². The largest absolute Gasteiger partial charge is 0.387 e. The number of benzene rings is 1. The molecular weight excluding hydrogens is 422 g/mol. The highest BCUT2D eigenvalue weighted by atomic mass is 16.1. The lowest BCUT2D eigenvalue weighted by molar-refractivity contribution is -0.118. The molecule has 0 radical (unpaired) electrons. The highest BCUT2D eigenvalue weighted by molar-refractivity contribution is 5.77. The molecule has 0 fully saturated rings. The van der Waals surface area contributed by atoms with E-state index in [1.54, 1.807) is 4.90 Å². The van der Waals surface area contributed by atoms with Crippen LogP contribution in [0.3, 0.4) is 0 Å². The number of aliphatic imine (C=N–C) groups is 1. The lowest BCUT2D eigenvalue weighted by Gasteiger charge is -2.13. The molecule has 0 saturated carbocycles. The van der Waals surface area contributed by atoms with E-state index in [2.05, 4.69) is 64.5 Å². The fourth-order valence-electron chi connectivity index (χ4n) is 3.84. The maximum absolute atomic E-state index is 11.1. The molecule has 0 aliphatic heterocycles. The zero-order valence-electron chi connectivity index (χ0n) is 20.3. The molecule has 1 aliphatic rings. The average Bonchev–Trinajstić information content (AvgIpc) is 3.27. The first-order valence-electron chi connectivity index (χ1n) is 11.7. The number of hydrogen-bond acceptors (Lipinski definition) is 4. The van der Waals surface area contributed by atoms with Crippen LogP contribution in [0.5, 0.6) is 0 Å². The Morgan fingerprint density at radius 2 is 2.24 bits per heavy atom. The van der Waals surface area contributed by atoms with Crippen LogP contribution in [0, 0.1) is 17.8 Å². The van der Waals surface area contributed by atoms with Crippen molar-refractivity contribution in [3.05, 3.63) is 63.7 Å². The average molecular weight is 456 g/mol. The number of amides is 1. The molecule has 2 aromatic rings. The summed E-state index contributed by atoms with van der Waals surface area (Å²) in [5.41, 5.74) is 4.71. The van der Waals surface area contributed by atoms with Crippen LogP contribution in [0.15, 0.2) is 35.5 Å². The van der Waals surface area contributed by atoms with Gasteiger partial charge >= 0.3 is 0 Å². The minimum absolute atomic E-state index is 0.0896. The number of allylic oxidation sites excluding steroid dienone is 1. The molecule has 34 heavy (non-hydrogen) atoms. The summed E-state index contributed by atoms with van der Waals surface area (Å²) in [7, 11) is 0. The molecule has 1 amide bonds. The number of imidazole rings is 1. The van der Waals surface area contributed by atoms with E-state index in [4.69, 9.17) is 0 Å². The van der Waals surface area contributed by atoms with E-state index >= 15 is 0 Å². The third kappa shape index (κ3) is 5.93. The van der Waals surface area contributed by atoms with Gasteiger partial charge in [0.05, 0.1) is 22.9 Å². The number of fused-ring (bicyclic) bond motifs is 1. The van der Waals surface area contributed by atoms with Gasteiger partial charge in [0.15, 0.2) is 0 Å². The summed E-state index contributed by atoms with van der Waals surface area (Å²) in [6, 6.07) is 6.09. The maximum atomic E-state index is 11.1. The predicted octanol–water partition coefficient (Wildman–Crippen LogP) is 3.05. The molecule has 1 aromatic heterocycles. The molecule has 1 unspecified atom stereocenters. The van der Waals surface area contributed by atoms with E-state index in [0.717, 1.165) is 70.4 Å². The number of aromatic amines is 1. The van der Waals surface area contributed by atoms with Crippen molar-refractivity contribution in [2.75, 3.05) is 13.1 Å². The van der Waals surface area contributed by atoms with E-state index in [0.29, 0.717) is 13.1 Å². The van der Waals surface area contributed by atoms with Crippen molar-refractivity contribution < 1.29 is 4.79 Å². The van der Waals surface area contributed by atoms with Crippen LogP contribution >= 0.6 is 0 Å². The Bertz CT molecular complexity index is 1270. The van der Waals surface area contributed by atoms with Gasteiger partial charge in [-0.1, -0.05) is 43.6 Å². The fraction of sp³-hybridized carbons (Fsp3) is 0.321. The molecule has 6 nitrogen and oxygen atoms in total. The predicted molar refractivity (Wildman–Crippen MR) is 141 cm³/mol. The Morgan fingerprint density at radius 3 is 2.91 bits per heavy atom. The van der Waals surface area contributed by atoms with E-state index in [9.17, 15) is 4.79 Å². The van der Waals surface area contributed by atoms with Crippen molar-refractivity contribution in [3.63, 3.8) is 0 Å². The van der Waals surface area contributed by atoms with Crippen LogP contribution in [-0.4, -0.2) is 41.1 Å². The Balaban J connectivity index is 1.83. The second kappa shape index (κ2) is 11.9. The summed E-state index contributed by atoms with van der Waals surface area (Å²) >= 11 is 0. The van der Waals surface area contributed by atoms with Gasteiger partial charge in [-0.3, -0.25) is 9.79 Å². The first-order valence-corrected chi connectivity index (χ1v) is 11.7. The van der Waals surface area contributed by atoms with Crippen LogP contribution in [0.4, 0.5) is 0 Å². The Kier molecular flexibility index (Phi) is 8.64. The van der Waals surface area contributed by atoms with Crippen molar-refractivity contribution in [1.29, 1.82) is 0 Å². The van der Waals surface area contributed by atoms with E-state index in [1.807, 2.05) is 38.1 Å². The van der Waals surface area contributed by atoms with Crippen molar-refractivity contribution in [2.24, 2.45) is 10.9 Å². The van der Waals surface area contributed by atoms with Crippen molar-refractivity contribution in [1.82, 2.24) is 20.2 Å². The lowest BCUT2D eigenvalue weighted by atomic mass is 9.98. The molecule has 1 aliphatic carbocycles. The topological polar surface area (TPSA) is 73.4 Å². The number of aromatic nitrogens is 2. The summed E-state index contributed by atoms with van der Waals surface area (Å²) in [5.74, 6) is 7.56. The van der Waals surface area contributed by atoms with E-state index in [1.165, 1.54) is 0 Å². The number of carbonyl (C=O) groups excluding carboxylic acids is 1. The molecule has 3 rings (SSSR count). The van der Waals surface area contributed by atoms with E-state index in [-0.39, 0.29) is 5.92 Å². The number of hydrogen-bond donors (Lipinski definition) is 2. The summed E-state index contributed by atoms with van der Waals surface area (Å²) in [4.78, 5) is 24.9. The summed E-state index contributed by atoms with van der Waals surface area (Å²) in [6.07, 6.45) is 8.73. The molecule has 6 heteroatoms. The third-order valence-electron chi connectivity index (χ3n) is 5.73. The number of nitrogens with one attached hydrogen (secondary N) is 2. The van der Waals surface area contributed by atoms with E-state index < -0.39 is 0 Å². The van der Waals surface area contributed by atoms with Crippen LogP contribution in [0.2, 0.25) is 0 Å². The molecule has 2 N–H and O–H groups in total. The second-order valence-corrected chi connectivity index (χ2v) is 8.20. The molecule has 176 valence electrons. The van der Waals surface area contributed by atoms with Gasteiger partial charge in [-0.15, -0.1) is 0 Å². The van der Waals surface area contributed by atoms with Gasteiger partial charge in [0.25, 0.3) is 0 Å². The quantitative estimate of drug-likeness (QED) is 0.329. The first-order chi connectivity index (χ1) is 16.5. The zero-order valence-corrected chi connectivity index (χ0v) is 20.3. The minimum atomic E-state index is 0.0896. The number of carbonyl (C=O) groups is 1. The van der Waals surface area contributed by atoms with Crippen LogP contribution < -0.4 is 16.0 Å². The molecule has 1 heterocycles. The second-order valence-electron chi connectivity index (χ2n) is 8.20. The smallest absolute Gasteiger partial charge is 0.210 e. The standard InChI is InChI=1S/C28H33N5O/c1-6-15-30-20(4)28(29-5)24-13-11-21(16-23(24)7-2)9-10-22-12-14-25-26(17-22)32-27(31-25)18-33(8-3)19-34/h7,11,13-14,16-17,19,22,30H,2,5-6,8,12,15,18H2,1,3-4H3,(H,31,32)/b28-20-. The Morgan fingerprint density at radius 1 is 1.41 bits per heavy atom. The molecule has 0 saturated heterocycles. The number of H-pyrrole nitrogens is 1. The summed E-state index contributed by atoms with van der Waals surface area (Å²) in [6.45, 7) is 15.9. The zero-order chi connectivity index (χ0) is 24.5. The van der Waals surface area contributed by atoms with Gasteiger partial charge < -0.3 is 15.2 Å². The van der Waals surface area contributed by atoms with Gasteiger partial charge in [-0.2, -0.15) is 0 Å². The monoisotopic (exact) mass is 455 g/mol. The molecule has 0 bridgehead atoms. The first kappa shape index (κ1) is 24.8. The Labute approximate surface area is 201 Å². The molecule has 1 aromatic carbocycles. The summed E-state index contributed by atoms with van der Waals surface area (Å²) < 4.78 is 0. The molecule has 1 atom stereocenters. The van der Waals surface area contributed by atoms with Crippen LogP contribution in [-0.2, 0) is 11.3 Å². The molecule has 0 spiro atoms. The minimum Gasteiger partial charge on any atom is -0.387 e. The van der Waals surface area contributed by atoms with Crippen LogP contribution in [0.1, 0.15) is 56.1 Å². The Hall–Kier alpha value is -3.85. The van der Waals surface area contributed by atoms with Gasteiger partial charge in [0.1, 0.15) is 5.82 Å². The highest BCUT2D eigenvalue weighted by Gasteiger charge is 2.11. The third-order valence-corrected chi connectivity index (χ3v) is 5.73. The van der Waals surface area contributed by atoms with Gasteiger partial charge in [0, 0.05) is 35.8 Å². The number of rotatable bonds is 10.